The smallest absolute Gasteiger partial charge is 0.350 e. The summed E-state index contributed by atoms with van der Waals surface area (Å²) < 4.78 is 6.89. The molecule has 21 heavy (non-hydrogen) atoms. The van der Waals surface area contributed by atoms with Crippen LogP contribution >= 0.6 is 11.3 Å². The van der Waals surface area contributed by atoms with Crippen molar-refractivity contribution in [3.63, 3.8) is 0 Å². The molecular weight excluding hydrogens is 288 g/mol. The molecule has 2 aromatic heterocycles. The summed E-state index contributed by atoms with van der Waals surface area (Å²) in [7, 11) is 0. The maximum atomic E-state index is 11.9. The molecule has 2 aromatic rings. The Hall–Kier alpha value is -1.73. The van der Waals surface area contributed by atoms with E-state index in [1.165, 1.54) is 16.9 Å². The third kappa shape index (κ3) is 2.58. The summed E-state index contributed by atoms with van der Waals surface area (Å²) in [5.74, 6) is -0.318. The number of aromatic nitrogens is 3. The van der Waals surface area contributed by atoms with Gasteiger partial charge in [0.15, 0.2) is 0 Å². The summed E-state index contributed by atoms with van der Waals surface area (Å²) >= 11 is 1.32. The van der Waals surface area contributed by atoms with Gasteiger partial charge in [-0.25, -0.2) is 14.5 Å². The minimum Gasteiger partial charge on any atom is -0.462 e. The van der Waals surface area contributed by atoms with Crippen LogP contribution in [0.5, 0.6) is 0 Å². The number of aryl methyl sites for hydroxylation is 1. The van der Waals surface area contributed by atoms with E-state index in [0.29, 0.717) is 22.3 Å². The fraction of sp³-hybridized carbons (Fsp3) is 0.500. The van der Waals surface area contributed by atoms with Gasteiger partial charge in [0.1, 0.15) is 4.88 Å². The Morgan fingerprint density at radius 2 is 2.43 bits per heavy atom. The van der Waals surface area contributed by atoms with Crippen LogP contribution in [-0.4, -0.2) is 33.4 Å². The molecule has 0 aromatic carbocycles. The van der Waals surface area contributed by atoms with Crippen molar-refractivity contribution in [3.8, 4) is 5.13 Å². The van der Waals surface area contributed by atoms with Gasteiger partial charge in [0.05, 0.1) is 24.2 Å². The Morgan fingerprint density at radius 1 is 1.62 bits per heavy atom. The van der Waals surface area contributed by atoms with E-state index in [1.807, 2.05) is 17.8 Å². The van der Waals surface area contributed by atoms with E-state index in [4.69, 9.17) is 10.5 Å². The van der Waals surface area contributed by atoms with Gasteiger partial charge in [0, 0.05) is 6.04 Å². The maximum Gasteiger partial charge on any atom is 0.350 e. The summed E-state index contributed by atoms with van der Waals surface area (Å²) in [6, 6.07) is 0.211. The van der Waals surface area contributed by atoms with Crippen molar-refractivity contribution in [1.29, 1.82) is 0 Å². The van der Waals surface area contributed by atoms with E-state index in [2.05, 4.69) is 10.1 Å². The zero-order chi connectivity index (χ0) is 15.0. The second-order valence-corrected chi connectivity index (χ2v) is 6.14. The molecule has 0 radical (unpaired) electrons. The van der Waals surface area contributed by atoms with Crippen LogP contribution in [0.15, 0.2) is 6.20 Å². The van der Waals surface area contributed by atoms with E-state index in [0.717, 1.165) is 25.0 Å². The Bertz CT molecular complexity index is 677. The lowest BCUT2D eigenvalue weighted by molar-refractivity contribution is 0.0531. The number of thiazole rings is 1. The molecule has 3 rings (SSSR count). The number of esters is 1. The summed E-state index contributed by atoms with van der Waals surface area (Å²) in [6.45, 7) is 3.97. The molecule has 0 saturated heterocycles. The van der Waals surface area contributed by atoms with Crippen molar-refractivity contribution >= 4 is 17.3 Å². The highest BCUT2D eigenvalue weighted by molar-refractivity contribution is 7.16. The summed E-state index contributed by atoms with van der Waals surface area (Å²) in [6.07, 6.45) is 4.55. The highest BCUT2D eigenvalue weighted by Gasteiger charge is 2.23. The van der Waals surface area contributed by atoms with Gasteiger partial charge in [-0.3, -0.25) is 0 Å². The molecule has 0 bridgehead atoms. The van der Waals surface area contributed by atoms with Crippen molar-refractivity contribution in [1.82, 2.24) is 14.8 Å². The molecule has 1 unspecified atom stereocenters. The normalized spacial score (nSPS) is 17.6. The maximum absolute atomic E-state index is 11.9. The molecule has 112 valence electrons. The molecule has 6 nitrogen and oxygen atoms in total. The largest absolute Gasteiger partial charge is 0.462 e. The van der Waals surface area contributed by atoms with Gasteiger partial charge in [0.25, 0.3) is 0 Å². The van der Waals surface area contributed by atoms with Crippen LogP contribution in [0.3, 0.4) is 0 Å². The van der Waals surface area contributed by atoms with Crippen LogP contribution in [-0.2, 0) is 17.6 Å². The minimum absolute atomic E-state index is 0.211. The van der Waals surface area contributed by atoms with Crippen LogP contribution in [0.4, 0.5) is 0 Å². The second-order valence-electron chi connectivity index (χ2n) is 5.16. The third-order valence-corrected chi connectivity index (χ3v) is 4.73. The van der Waals surface area contributed by atoms with Gasteiger partial charge < -0.3 is 10.5 Å². The summed E-state index contributed by atoms with van der Waals surface area (Å²) in [4.78, 5) is 16.9. The number of nitrogens with two attached hydrogens (primary N) is 1. The van der Waals surface area contributed by atoms with Crippen LogP contribution in [0.2, 0.25) is 0 Å². The highest BCUT2D eigenvalue weighted by Crippen LogP contribution is 2.27. The monoisotopic (exact) mass is 306 g/mol. The zero-order valence-electron chi connectivity index (χ0n) is 12.1. The fourth-order valence-corrected chi connectivity index (χ4v) is 3.52. The first-order chi connectivity index (χ1) is 10.1. The fourth-order valence-electron chi connectivity index (χ4n) is 2.57. The molecule has 2 N–H and O–H groups in total. The van der Waals surface area contributed by atoms with Crippen molar-refractivity contribution < 1.29 is 9.53 Å². The number of hydrogen-bond acceptors (Lipinski definition) is 6. The molecule has 0 spiro atoms. The zero-order valence-corrected chi connectivity index (χ0v) is 12.9. The van der Waals surface area contributed by atoms with E-state index >= 15 is 0 Å². The van der Waals surface area contributed by atoms with Crippen LogP contribution in [0, 0.1) is 6.92 Å². The van der Waals surface area contributed by atoms with Crippen LogP contribution in [0.1, 0.15) is 40.0 Å². The number of ether oxygens (including phenoxy) is 1. The van der Waals surface area contributed by atoms with Crippen molar-refractivity contribution in [2.24, 2.45) is 5.73 Å². The van der Waals surface area contributed by atoms with E-state index < -0.39 is 0 Å². The number of hydrogen-bond donors (Lipinski definition) is 1. The molecule has 1 atom stereocenters. The molecule has 7 heteroatoms. The van der Waals surface area contributed by atoms with Crippen LogP contribution < -0.4 is 5.73 Å². The Morgan fingerprint density at radius 3 is 3.19 bits per heavy atom. The molecule has 1 aliphatic rings. The molecule has 0 fully saturated rings. The first-order valence-electron chi connectivity index (χ1n) is 7.06. The average molecular weight is 306 g/mol. The number of carbonyl (C=O) groups is 1. The summed E-state index contributed by atoms with van der Waals surface area (Å²) in [5, 5.41) is 5.13. The Balaban J connectivity index is 1.95. The first-order valence-corrected chi connectivity index (χ1v) is 7.88. The van der Waals surface area contributed by atoms with Gasteiger partial charge in [-0.05, 0) is 38.7 Å². The standard InChI is InChI=1S/C14H18N4O2S/c1-3-20-13(19)12-8(2)17-14(21-12)18-11-5-4-10(15)6-9(11)7-16-18/h7,10H,3-6,15H2,1-2H3. The number of fused-ring (bicyclic) bond motifs is 1. The van der Waals surface area contributed by atoms with Gasteiger partial charge in [0.2, 0.25) is 5.13 Å². The van der Waals surface area contributed by atoms with Gasteiger partial charge >= 0.3 is 5.97 Å². The van der Waals surface area contributed by atoms with Crippen molar-refractivity contribution in [2.75, 3.05) is 6.61 Å². The summed E-state index contributed by atoms with van der Waals surface area (Å²) in [5.41, 5.74) is 9.01. The second kappa shape index (κ2) is 5.57. The number of nitrogens with zero attached hydrogens (tertiary/aromatic N) is 3. The Labute approximate surface area is 126 Å². The SMILES string of the molecule is CCOC(=O)c1sc(-n2ncc3c2CCC(N)C3)nc1C. The van der Waals surface area contributed by atoms with Crippen molar-refractivity contribution in [3.05, 3.63) is 28.0 Å². The predicted octanol–water partition coefficient (Wildman–Crippen LogP) is 1.63. The topological polar surface area (TPSA) is 83.0 Å². The molecule has 0 aliphatic heterocycles. The van der Waals surface area contributed by atoms with Gasteiger partial charge in [-0.15, -0.1) is 0 Å². The van der Waals surface area contributed by atoms with E-state index in [9.17, 15) is 4.79 Å². The van der Waals surface area contributed by atoms with E-state index in [1.54, 1.807) is 6.92 Å². The molecule has 2 heterocycles. The van der Waals surface area contributed by atoms with Crippen LogP contribution in [0.25, 0.3) is 5.13 Å². The number of carbonyl (C=O) groups excluding carboxylic acids is 1. The lowest BCUT2D eigenvalue weighted by Crippen LogP contribution is -2.28. The molecular formula is C14H18N4O2S. The first kappa shape index (κ1) is 14.2. The molecule has 1 aliphatic carbocycles. The molecule has 0 saturated carbocycles. The molecule has 0 amide bonds. The van der Waals surface area contributed by atoms with E-state index in [-0.39, 0.29) is 12.0 Å². The van der Waals surface area contributed by atoms with Crippen molar-refractivity contribution in [2.45, 2.75) is 39.2 Å². The number of rotatable bonds is 3. The minimum atomic E-state index is -0.318. The van der Waals surface area contributed by atoms with Gasteiger partial charge in [-0.1, -0.05) is 11.3 Å². The average Bonchev–Trinajstić information content (AvgIpc) is 3.01. The Kier molecular flexibility index (Phi) is 3.77. The lowest BCUT2D eigenvalue weighted by Gasteiger charge is -2.18. The third-order valence-electron chi connectivity index (χ3n) is 3.62. The predicted molar refractivity (Wildman–Crippen MR) is 79.9 cm³/mol. The highest BCUT2D eigenvalue weighted by atomic mass is 32.1. The van der Waals surface area contributed by atoms with Gasteiger partial charge in [-0.2, -0.15) is 5.10 Å². The lowest BCUT2D eigenvalue weighted by atomic mass is 9.94. The quantitative estimate of drug-likeness (QED) is 0.871.